The summed E-state index contributed by atoms with van der Waals surface area (Å²) >= 11 is 19.4. The molecule has 1 aliphatic heterocycles. The van der Waals surface area contributed by atoms with Crippen LogP contribution < -0.4 is 4.74 Å². The number of benzene rings is 2. The van der Waals surface area contributed by atoms with Crippen molar-refractivity contribution < 1.29 is 9.13 Å². The molecule has 0 radical (unpaired) electrons. The van der Waals surface area contributed by atoms with Crippen LogP contribution in [0.1, 0.15) is 12.0 Å². The van der Waals surface area contributed by atoms with E-state index in [1.54, 1.807) is 12.1 Å². The third-order valence-electron chi connectivity index (χ3n) is 4.72. The Bertz CT molecular complexity index is 710. The van der Waals surface area contributed by atoms with Crippen LogP contribution in [0.25, 0.3) is 0 Å². The molecular weight excluding hydrogens is 396 g/mol. The molecule has 6 heteroatoms. The summed E-state index contributed by atoms with van der Waals surface area (Å²) in [7, 11) is 0. The van der Waals surface area contributed by atoms with Gasteiger partial charge in [-0.2, -0.15) is 0 Å². The Morgan fingerprint density at radius 2 is 1.81 bits per heavy atom. The minimum Gasteiger partial charge on any atom is -0.492 e. The van der Waals surface area contributed by atoms with E-state index in [1.165, 1.54) is 12.1 Å². The van der Waals surface area contributed by atoms with E-state index in [9.17, 15) is 4.39 Å². The number of piperidine rings is 1. The molecular formula is C20H21Cl3FNO. The highest BCUT2D eigenvalue weighted by Crippen LogP contribution is 2.36. The summed E-state index contributed by atoms with van der Waals surface area (Å²) < 4.78 is 18.6. The number of likely N-dealkylation sites (tertiary alicyclic amines) is 1. The number of alkyl halides is 2. The molecule has 140 valence electrons. The summed E-state index contributed by atoms with van der Waals surface area (Å²) in [6, 6.07) is 13.8. The number of nitrogens with zero attached hydrogens (tertiary/aromatic N) is 1. The van der Waals surface area contributed by atoms with Crippen molar-refractivity contribution in [2.24, 2.45) is 0 Å². The zero-order valence-corrected chi connectivity index (χ0v) is 16.6. The first-order valence-electron chi connectivity index (χ1n) is 8.63. The summed E-state index contributed by atoms with van der Waals surface area (Å²) in [4.78, 5) is 1.80. The average molecular weight is 417 g/mol. The van der Waals surface area contributed by atoms with Crippen LogP contribution in [0.3, 0.4) is 0 Å². The highest BCUT2D eigenvalue weighted by atomic mass is 35.5. The van der Waals surface area contributed by atoms with Crippen molar-refractivity contribution in [3.63, 3.8) is 0 Å². The Balaban J connectivity index is 1.48. The van der Waals surface area contributed by atoms with Crippen LogP contribution in [0.4, 0.5) is 4.39 Å². The predicted octanol–water partition coefficient (Wildman–Crippen LogP) is 5.39. The summed E-state index contributed by atoms with van der Waals surface area (Å²) in [6.45, 7) is 2.87. The molecule has 0 N–H and O–H groups in total. The van der Waals surface area contributed by atoms with Gasteiger partial charge in [-0.1, -0.05) is 23.7 Å². The van der Waals surface area contributed by atoms with Gasteiger partial charge in [-0.05, 0) is 54.8 Å². The molecule has 2 aromatic carbocycles. The number of ether oxygens (including phenoxy) is 1. The maximum atomic E-state index is 12.9. The Labute approximate surface area is 168 Å². The summed E-state index contributed by atoms with van der Waals surface area (Å²) in [5.74, 6) is 0.401. The van der Waals surface area contributed by atoms with Crippen LogP contribution in [0, 0.1) is 5.82 Å². The molecule has 1 fully saturated rings. The van der Waals surface area contributed by atoms with Crippen LogP contribution in [0.2, 0.25) is 5.02 Å². The van der Waals surface area contributed by atoms with Crippen molar-refractivity contribution >= 4 is 34.8 Å². The molecule has 26 heavy (non-hydrogen) atoms. The summed E-state index contributed by atoms with van der Waals surface area (Å²) in [6.07, 6.45) is 1.53. The molecule has 0 aliphatic carbocycles. The third-order valence-corrected chi connectivity index (χ3v) is 6.23. The smallest absolute Gasteiger partial charge is 0.123 e. The van der Waals surface area contributed by atoms with E-state index in [4.69, 9.17) is 39.5 Å². The maximum Gasteiger partial charge on any atom is 0.123 e. The van der Waals surface area contributed by atoms with Crippen LogP contribution in [-0.2, 0) is 6.42 Å². The molecule has 0 aromatic heterocycles. The topological polar surface area (TPSA) is 12.5 Å². The predicted molar refractivity (Wildman–Crippen MR) is 106 cm³/mol. The van der Waals surface area contributed by atoms with E-state index in [1.807, 2.05) is 24.3 Å². The zero-order valence-electron chi connectivity index (χ0n) is 14.3. The van der Waals surface area contributed by atoms with Gasteiger partial charge in [0.1, 0.15) is 18.2 Å². The van der Waals surface area contributed by atoms with E-state index >= 15 is 0 Å². The fraction of sp³-hybridized carbons (Fsp3) is 0.400. The van der Waals surface area contributed by atoms with Crippen molar-refractivity contribution in [2.75, 3.05) is 26.2 Å². The van der Waals surface area contributed by atoms with Crippen molar-refractivity contribution in [3.8, 4) is 5.75 Å². The van der Waals surface area contributed by atoms with Gasteiger partial charge in [-0.3, -0.25) is 4.90 Å². The first-order valence-corrected chi connectivity index (χ1v) is 9.82. The SMILES string of the molecule is Fc1ccc(OCCN2CCC(Cl)(Cc3ccc(Cl)cc3)C(Cl)C2)cc1. The van der Waals surface area contributed by atoms with Gasteiger partial charge in [0.2, 0.25) is 0 Å². The normalized spacial score (nSPS) is 23.8. The van der Waals surface area contributed by atoms with E-state index in [0.29, 0.717) is 18.9 Å². The molecule has 2 aromatic rings. The van der Waals surface area contributed by atoms with E-state index in [0.717, 1.165) is 36.5 Å². The van der Waals surface area contributed by atoms with E-state index in [2.05, 4.69) is 4.90 Å². The monoisotopic (exact) mass is 415 g/mol. The van der Waals surface area contributed by atoms with Gasteiger partial charge in [0.15, 0.2) is 0 Å². The molecule has 3 rings (SSSR count). The van der Waals surface area contributed by atoms with E-state index in [-0.39, 0.29) is 11.2 Å². The Morgan fingerprint density at radius 1 is 1.12 bits per heavy atom. The minimum absolute atomic E-state index is 0.153. The van der Waals surface area contributed by atoms with Gasteiger partial charge in [0, 0.05) is 24.7 Å². The molecule has 2 atom stereocenters. The maximum absolute atomic E-state index is 12.9. The molecule has 1 heterocycles. The van der Waals surface area contributed by atoms with Gasteiger partial charge in [0.05, 0.1) is 10.3 Å². The minimum atomic E-state index is -0.455. The number of hydrogen-bond donors (Lipinski definition) is 0. The van der Waals surface area contributed by atoms with Crippen molar-refractivity contribution in [1.82, 2.24) is 4.90 Å². The molecule has 0 saturated carbocycles. The Morgan fingerprint density at radius 3 is 2.46 bits per heavy atom. The second kappa shape index (κ2) is 8.79. The van der Waals surface area contributed by atoms with E-state index < -0.39 is 4.87 Å². The quantitative estimate of drug-likeness (QED) is 0.585. The van der Waals surface area contributed by atoms with Gasteiger partial charge in [-0.15, -0.1) is 23.2 Å². The molecule has 1 aliphatic rings. The number of hydrogen-bond acceptors (Lipinski definition) is 2. The molecule has 0 amide bonds. The third kappa shape index (κ3) is 5.26. The number of rotatable bonds is 6. The second-order valence-corrected chi connectivity index (χ2v) is 8.37. The fourth-order valence-electron chi connectivity index (χ4n) is 3.15. The van der Waals surface area contributed by atoms with Gasteiger partial charge in [-0.25, -0.2) is 4.39 Å². The summed E-state index contributed by atoms with van der Waals surface area (Å²) in [5.41, 5.74) is 1.14. The average Bonchev–Trinajstić information content (AvgIpc) is 2.62. The molecule has 0 bridgehead atoms. The van der Waals surface area contributed by atoms with Crippen LogP contribution in [-0.4, -0.2) is 41.4 Å². The number of halogens is 4. The molecule has 2 nitrogen and oxygen atoms in total. The lowest BCUT2D eigenvalue weighted by Crippen LogP contribution is -2.51. The molecule has 1 saturated heterocycles. The van der Waals surface area contributed by atoms with Crippen LogP contribution in [0.15, 0.2) is 48.5 Å². The van der Waals surface area contributed by atoms with Gasteiger partial charge >= 0.3 is 0 Å². The standard InChI is InChI=1S/C20H21Cl3FNO/c21-16-3-1-15(2-4-16)13-20(23)9-10-25(14-19(20)22)11-12-26-18-7-5-17(24)6-8-18/h1-8,19H,9-14H2. The lowest BCUT2D eigenvalue weighted by molar-refractivity contribution is 0.166. The van der Waals surface area contributed by atoms with Crippen molar-refractivity contribution in [3.05, 3.63) is 64.9 Å². The first kappa shape index (κ1) is 19.8. The second-order valence-electron chi connectivity index (χ2n) is 6.66. The first-order chi connectivity index (χ1) is 12.4. The fourth-order valence-corrected chi connectivity index (χ4v) is 3.96. The molecule has 2 unspecified atom stereocenters. The van der Waals surface area contributed by atoms with Crippen LogP contribution >= 0.6 is 34.8 Å². The van der Waals surface area contributed by atoms with Gasteiger partial charge in [0.25, 0.3) is 0 Å². The largest absolute Gasteiger partial charge is 0.492 e. The lowest BCUT2D eigenvalue weighted by atomic mass is 9.88. The Kier molecular flexibility index (Phi) is 6.68. The van der Waals surface area contributed by atoms with Crippen LogP contribution in [0.5, 0.6) is 5.75 Å². The highest BCUT2D eigenvalue weighted by molar-refractivity contribution is 6.33. The van der Waals surface area contributed by atoms with Crippen molar-refractivity contribution in [2.45, 2.75) is 23.1 Å². The summed E-state index contributed by atoms with van der Waals surface area (Å²) in [5, 5.41) is 0.565. The highest BCUT2D eigenvalue weighted by Gasteiger charge is 2.40. The zero-order chi connectivity index (χ0) is 18.6. The van der Waals surface area contributed by atoms with Crippen molar-refractivity contribution in [1.29, 1.82) is 0 Å². The molecule has 0 spiro atoms. The van der Waals surface area contributed by atoms with Gasteiger partial charge < -0.3 is 4.74 Å². The Hall–Kier alpha value is -1.00. The lowest BCUT2D eigenvalue weighted by Gasteiger charge is -2.41.